The van der Waals surface area contributed by atoms with Gasteiger partial charge in [-0.15, -0.1) is 0 Å². The van der Waals surface area contributed by atoms with E-state index in [9.17, 15) is 13.6 Å². The van der Waals surface area contributed by atoms with Gasteiger partial charge in [0.15, 0.2) is 0 Å². The smallest absolute Gasteiger partial charge is 0.227 e. The lowest BCUT2D eigenvalue weighted by Gasteiger charge is -2.39. The van der Waals surface area contributed by atoms with Crippen LogP contribution in [0.5, 0.6) is 0 Å². The molecule has 0 aromatic heterocycles. The van der Waals surface area contributed by atoms with Crippen LogP contribution in [0.4, 0.5) is 8.78 Å². The van der Waals surface area contributed by atoms with Gasteiger partial charge in [-0.2, -0.15) is 0 Å². The van der Waals surface area contributed by atoms with Gasteiger partial charge in [-0.1, -0.05) is 6.07 Å². The van der Waals surface area contributed by atoms with Crippen molar-refractivity contribution in [3.63, 3.8) is 0 Å². The van der Waals surface area contributed by atoms with Gasteiger partial charge in [0, 0.05) is 31.7 Å². The maximum Gasteiger partial charge on any atom is 0.227 e. The van der Waals surface area contributed by atoms with Gasteiger partial charge in [0.05, 0.1) is 25.7 Å². The third kappa shape index (κ3) is 3.62. The second-order valence-corrected chi connectivity index (χ2v) is 5.90. The molecular weight excluding hydrogens is 292 g/mol. The summed E-state index contributed by atoms with van der Waals surface area (Å²) in [6.45, 7) is 3.29. The van der Waals surface area contributed by atoms with E-state index in [1.165, 1.54) is 6.07 Å². The monoisotopic (exact) mass is 311 g/mol. The molecule has 0 spiro atoms. The first kappa shape index (κ1) is 15.4. The molecule has 0 N–H and O–H groups in total. The molecule has 2 fully saturated rings. The summed E-state index contributed by atoms with van der Waals surface area (Å²) in [6, 6.07) is 3.28. The average molecular weight is 311 g/mol. The van der Waals surface area contributed by atoms with Gasteiger partial charge in [0.2, 0.25) is 5.91 Å². The van der Waals surface area contributed by atoms with Crippen molar-refractivity contribution in [2.45, 2.75) is 18.9 Å². The average Bonchev–Trinajstić information content (AvgIpc) is 2.93. The van der Waals surface area contributed by atoms with E-state index in [2.05, 4.69) is 0 Å². The molecule has 0 bridgehead atoms. The summed E-state index contributed by atoms with van der Waals surface area (Å²) < 4.78 is 37.4. The van der Waals surface area contributed by atoms with E-state index in [0.717, 1.165) is 31.8 Å². The highest BCUT2D eigenvalue weighted by molar-refractivity contribution is 5.79. The first-order chi connectivity index (χ1) is 10.6. The van der Waals surface area contributed by atoms with Gasteiger partial charge >= 0.3 is 0 Å². The molecule has 6 heteroatoms. The number of amides is 1. The quantitative estimate of drug-likeness (QED) is 0.832. The van der Waals surface area contributed by atoms with Crippen LogP contribution >= 0.6 is 0 Å². The van der Waals surface area contributed by atoms with Crippen molar-refractivity contribution in [1.82, 2.24) is 4.90 Å². The van der Waals surface area contributed by atoms with E-state index in [1.807, 2.05) is 0 Å². The predicted octanol–water partition coefficient (Wildman–Crippen LogP) is 1.77. The van der Waals surface area contributed by atoms with E-state index in [0.29, 0.717) is 25.6 Å². The normalized spacial score (nSPS) is 21.9. The minimum atomic E-state index is -0.678. The maximum atomic E-state index is 13.5. The highest BCUT2D eigenvalue weighted by Crippen LogP contribution is 2.19. The maximum absolute atomic E-state index is 13.5. The van der Waals surface area contributed by atoms with E-state index in [-0.39, 0.29) is 24.0 Å². The Morgan fingerprint density at radius 1 is 1.36 bits per heavy atom. The molecule has 1 atom stereocenters. The van der Waals surface area contributed by atoms with E-state index >= 15 is 0 Å². The van der Waals surface area contributed by atoms with Crippen LogP contribution in [-0.2, 0) is 20.7 Å². The summed E-state index contributed by atoms with van der Waals surface area (Å²) in [5.41, 5.74) is 0.221. The van der Waals surface area contributed by atoms with E-state index in [4.69, 9.17) is 9.47 Å². The largest absolute Gasteiger partial charge is 0.381 e. The molecule has 120 valence electrons. The van der Waals surface area contributed by atoms with Crippen LogP contribution in [0, 0.1) is 17.6 Å². The van der Waals surface area contributed by atoms with E-state index in [1.54, 1.807) is 4.90 Å². The molecule has 22 heavy (non-hydrogen) atoms. The molecule has 4 nitrogen and oxygen atoms in total. The first-order valence-electron chi connectivity index (χ1n) is 7.53. The number of carbonyl (C=O) groups excluding carboxylic acids is 1. The summed E-state index contributed by atoms with van der Waals surface area (Å²) in [4.78, 5) is 13.7. The van der Waals surface area contributed by atoms with Crippen LogP contribution in [0.2, 0.25) is 0 Å². The van der Waals surface area contributed by atoms with Crippen LogP contribution < -0.4 is 0 Å². The Bertz CT molecular complexity index is 540. The number of hydrogen-bond donors (Lipinski definition) is 0. The zero-order valence-electron chi connectivity index (χ0n) is 12.3. The lowest BCUT2D eigenvalue weighted by molar-refractivity contribution is -0.145. The van der Waals surface area contributed by atoms with Gasteiger partial charge in [-0.25, -0.2) is 8.78 Å². The Morgan fingerprint density at radius 2 is 2.18 bits per heavy atom. The standard InChI is InChI=1S/C16H19F2NO3/c17-13-2-1-12(15(18)6-13)5-16(20)19-7-14(8-19)22-10-11-3-4-21-9-11/h1-2,6,11,14H,3-5,7-10H2. The minimum absolute atomic E-state index is 0.0463. The topological polar surface area (TPSA) is 38.8 Å². The fourth-order valence-electron chi connectivity index (χ4n) is 2.67. The second kappa shape index (κ2) is 6.71. The Kier molecular flexibility index (Phi) is 4.69. The van der Waals surface area contributed by atoms with Gasteiger partial charge in [0.1, 0.15) is 11.6 Å². The Balaban J connectivity index is 1.41. The van der Waals surface area contributed by atoms with Crippen molar-refractivity contribution in [1.29, 1.82) is 0 Å². The van der Waals surface area contributed by atoms with Crippen molar-refractivity contribution in [3.8, 4) is 0 Å². The minimum Gasteiger partial charge on any atom is -0.381 e. The summed E-state index contributed by atoms with van der Waals surface area (Å²) in [7, 11) is 0. The predicted molar refractivity (Wildman–Crippen MR) is 75.3 cm³/mol. The number of nitrogens with zero attached hydrogens (tertiary/aromatic N) is 1. The third-order valence-electron chi connectivity index (χ3n) is 4.15. The molecule has 2 saturated heterocycles. The van der Waals surface area contributed by atoms with Gasteiger partial charge < -0.3 is 14.4 Å². The number of likely N-dealkylation sites (tertiary alicyclic amines) is 1. The SMILES string of the molecule is O=C(Cc1ccc(F)cc1F)N1CC(OCC2CCOC2)C1. The number of carbonyl (C=O) groups is 1. The zero-order chi connectivity index (χ0) is 15.5. The van der Waals surface area contributed by atoms with Crippen LogP contribution in [-0.4, -0.2) is 49.8 Å². The Hall–Kier alpha value is -1.53. The summed E-state index contributed by atoms with van der Waals surface area (Å²) >= 11 is 0. The van der Waals surface area contributed by atoms with Crippen LogP contribution in [0.3, 0.4) is 0 Å². The molecule has 0 radical (unpaired) electrons. The molecule has 2 heterocycles. The van der Waals surface area contributed by atoms with Crippen LogP contribution in [0.15, 0.2) is 18.2 Å². The molecule has 3 rings (SSSR count). The first-order valence-corrected chi connectivity index (χ1v) is 7.53. The fourth-order valence-corrected chi connectivity index (χ4v) is 2.67. The van der Waals surface area contributed by atoms with E-state index < -0.39 is 11.6 Å². The Labute approximate surface area is 128 Å². The summed E-state index contributed by atoms with van der Waals surface area (Å²) in [5.74, 6) is -1.02. The number of rotatable bonds is 5. The second-order valence-electron chi connectivity index (χ2n) is 5.90. The number of halogens is 2. The van der Waals surface area contributed by atoms with Crippen molar-refractivity contribution >= 4 is 5.91 Å². The molecule has 1 unspecified atom stereocenters. The third-order valence-corrected chi connectivity index (χ3v) is 4.15. The van der Waals surface area contributed by atoms with Crippen molar-refractivity contribution in [2.75, 3.05) is 32.9 Å². The number of ether oxygens (including phenoxy) is 2. The van der Waals surface area contributed by atoms with Gasteiger partial charge in [-0.3, -0.25) is 4.79 Å². The molecule has 2 aliphatic heterocycles. The van der Waals surface area contributed by atoms with Crippen molar-refractivity contribution < 1.29 is 23.0 Å². The summed E-state index contributed by atoms with van der Waals surface area (Å²) in [5, 5.41) is 0. The highest BCUT2D eigenvalue weighted by Gasteiger charge is 2.32. The van der Waals surface area contributed by atoms with Gasteiger partial charge in [-0.05, 0) is 18.1 Å². The molecule has 2 aliphatic rings. The molecule has 0 aliphatic carbocycles. The highest BCUT2D eigenvalue weighted by atomic mass is 19.1. The van der Waals surface area contributed by atoms with Gasteiger partial charge in [0.25, 0.3) is 0 Å². The van der Waals surface area contributed by atoms with Crippen molar-refractivity contribution in [2.24, 2.45) is 5.92 Å². The molecule has 1 amide bonds. The molecule has 1 aromatic carbocycles. The van der Waals surface area contributed by atoms with Crippen LogP contribution in [0.1, 0.15) is 12.0 Å². The molecular formula is C16H19F2NO3. The zero-order valence-corrected chi connectivity index (χ0v) is 12.3. The lowest BCUT2D eigenvalue weighted by Crippen LogP contribution is -2.55. The lowest BCUT2D eigenvalue weighted by atomic mass is 10.1. The fraction of sp³-hybridized carbons (Fsp3) is 0.562. The van der Waals surface area contributed by atoms with Crippen molar-refractivity contribution in [3.05, 3.63) is 35.4 Å². The number of hydrogen-bond acceptors (Lipinski definition) is 3. The summed E-state index contributed by atoms with van der Waals surface area (Å²) in [6.07, 6.45) is 1.04. The van der Waals surface area contributed by atoms with Crippen LogP contribution in [0.25, 0.3) is 0 Å². The number of benzene rings is 1. The Morgan fingerprint density at radius 3 is 2.86 bits per heavy atom. The molecule has 0 saturated carbocycles. The molecule has 1 aromatic rings.